The summed E-state index contributed by atoms with van der Waals surface area (Å²) in [6, 6.07) is 8.65. The molecule has 0 aliphatic rings. The van der Waals surface area contributed by atoms with Crippen LogP contribution in [0, 0.1) is 17.2 Å². The molecule has 0 radical (unpaired) electrons. The highest BCUT2D eigenvalue weighted by Gasteiger charge is 2.30. The fourth-order valence-corrected chi connectivity index (χ4v) is 1.94. The number of rotatable bonds is 7. The first-order valence-electron chi connectivity index (χ1n) is 7.59. The van der Waals surface area contributed by atoms with Gasteiger partial charge < -0.3 is 15.4 Å². The molecule has 0 spiro atoms. The molecule has 0 aliphatic heterocycles. The average Bonchev–Trinajstić information content (AvgIpc) is 2.58. The van der Waals surface area contributed by atoms with E-state index in [2.05, 4.69) is 26.6 Å². The fraction of sp³-hybridized carbons (Fsp3) is 0.412. The summed E-state index contributed by atoms with van der Waals surface area (Å²) in [7, 11) is 0. The van der Waals surface area contributed by atoms with Crippen molar-refractivity contribution in [2.45, 2.75) is 26.3 Å². The summed E-state index contributed by atoms with van der Waals surface area (Å²) in [5, 5.41) is 14.1. The largest absolute Gasteiger partial charge is 0.454 e. The third-order valence-corrected chi connectivity index (χ3v) is 4.18. The number of hydrogen-bond donors (Lipinski definition) is 2. The number of benzene rings is 1. The number of ether oxygens (including phenoxy) is 1. The lowest BCUT2D eigenvalue weighted by atomic mass is 9.90. The number of esters is 1. The molecule has 8 heteroatoms. The number of nitrogens with zero attached hydrogens (tertiary/aromatic N) is 1. The molecule has 0 unspecified atom stereocenters. The second-order valence-electron chi connectivity index (χ2n) is 5.87. The summed E-state index contributed by atoms with van der Waals surface area (Å²) in [5.74, 6) is -1.86. The maximum absolute atomic E-state index is 11.9. The number of amides is 2. The first-order valence-corrected chi connectivity index (χ1v) is 8.39. The van der Waals surface area contributed by atoms with Gasteiger partial charge in [0.15, 0.2) is 6.61 Å². The van der Waals surface area contributed by atoms with Crippen molar-refractivity contribution in [3.05, 3.63) is 34.3 Å². The van der Waals surface area contributed by atoms with Crippen LogP contribution in [0.1, 0.15) is 31.1 Å². The first-order chi connectivity index (χ1) is 11.7. The van der Waals surface area contributed by atoms with Crippen molar-refractivity contribution in [3.8, 4) is 6.07 Å². The SMILES string of the molecule is CC(C)[C@](C)(C#N)NC(=O)COC(=O)CNC(=O)c1ccc(Br)cc1. The van der Waals surface area contributed by atoms with Gasteiger partial charge in [-0.15, -0.1) is 0 Å². The Balaban J connectivity index is 2.40. The highest BCUT2D eigenvalue weighted by molar-refractivity contribution is 9.10. The average molecular weight is 410 g/mol. The Morgan fingerprint density at radius 3 is 2.40 bits per heavy atom. The van der Waals surface area contributed by atoms with E-state index in [4.69, 9.17) is 10.00 Å². The number of halogens is 1. The van der Waals surface area contributed by atoms with Crippen LogP contribution in [0.5, 0.6) is 0 Å². The molecule has 0 fully saturated rings. The Kier molecular flexibility index (Phi) is 7.58. The van der Waals surface area contributed by atoms with Crippen LogP contribution in [0.4, 0.5) is 0 Å². The van der Waals surface area contributed by atoms with Gasteiger partial charge in [0.25, 0.3) is 11.8 Å². The molecule has 0 saturated carbocycles. The summed E-state index contributed by atoms with van der Waals surface area (Å²) in [6.07, 6.45) is 0. The van der Waals surface area contributed by atoms with E-state index in [-0.39, 0.29) is 12.5 Å². The van der Waals surface area contributed by atoms with E-state index in [0.717, 1.165) is 4.47 Å². The molecule has 134 valence electrons. The number of nitrogens with one attached hydrogen (secondary N) is 2. The zero-order chi connectivity index (χ0) is 19.0. The number of nitriles is 1. The minimum Gasteiger partial charge on any atom is -0.454 e. The molecule has 0 aromatic heterocycles. The molecule has 0 saturated heterocycles. The van der Waals surface area contributed by atoms with Gasteiger partial charge in [-0.1, -0.05) is 29.8 Å². The van der Waals surface area contributed by atoms with Crippen LogP contribution in [-0.4, -0.2) is 36.5 Å². The molecule has 25 heavy (non-hydrogen) atoms. The molecule has 1 atom stereocenters. The normalized spacial score (nSPS) is 12.6. The molecule has 0 heterocycles. The Morgan fingerprint density at radius 2 is 1.88 bits per heavy atom. The fourth-order valence-electron chi connectivity index (χ4n) is 1.68. The Hall–Kier alpha value is -2.40. The van der Waals surface area contributed by atoms with E-state index in [1.54, 1.807) is 45.0 Å². The van der Waals surface area contributed by atoms with Gasteiger partial charge in [-0.3, -0.25) is 14.4 Å². The van der Waals surface area contributed by atoms with Gasteiger partial charge in [-0.05, 0) is 37.1 Å². The number of carbonyl (C=O) groups excluding carboxylic acids is 3. The van der Waals surface area contributed by atoms with E-state index >= 15 is 0 Å². The third-order valence-electron chi connectivity index (χ3n) is 3.65. The van der Waals surface area contributed by atoms with Gasteiger partial charge in [-0.2, -0.15) is 5.26 Å². The predicted octanol–water partition coefficient (Wildman–Crippen LogP) is 1.78. The van der Waals surface area contributed by atoms with Gasteiger partial charge in [-0.25, -0.2) is 0 Å². The smallest absolute Gasteiger partial charge is 0.325 e. The zero-order valence-electron chi connectivity index (χ0n) is 14.3. The second-order valence-corrected chi connectivity index (χ2v) is 6.78. The Morgan fingerprint density at radius 1 is 1.28 bits per heavy atom. The van der Waals surface area contributed by atoms with Crippen molar-refractivity contribution in [1.82, 2.24) is 10.6 Å². The minimum absolute atomic E-state index is 0.109. The molecule has 1 rings (SSSR count). The van der Waals surface area contributed by atoms with E-state index in [1.165, 1.54) is 0 Å². The maximum Gasteiger partial charge on any atom is 0.325 e. The summed E-state index contributed by atoms with van der Waals surface area (Å²) in [5.41, 5.74) is -0.644. The highest BCUT2D eigenvalue weighted by Crippen LogP contribution is 2.14. The van der Waals surface area contributed by atoms with Gasteiger partial charge in [0.05, 0.1) is 6.07 Å². The van der Waals surface area contributed by atoms with Crippen LogP contribution in [0.3, 0.4) is 0 Å². The zero-order valence-corrected chi connectivity index (χ0v) is 15.8. The monoisotopic (exact) mass is 409 g/mol. The van der Waals surface area contributed by atoms with Crippen LogP contribution in [0.15, 0.2) is 28.7 Å². The van der Waals surface area contributed by atoms with Crippen LogP contribution in [0.2, 0.25) is 0 Å². The third kappa shape index (κ3) is 6.55. The molecule has 0 bridgehead atoms. The summed E-state index contributed by atoms with van der Waals surface area (Å²) < 4.78 is 5.63. The van der Waals surface area contributed by atoms with Crippen molar-refractivity contribution in [2.24, 2.45) is 5.92 Å². The van der Waals surface area contributed by atoms with E-state index in [9.17, 15) is 14.4 Å². The van der Waals surface area contributed by atoms with Crippen molar-refractivity contribution in [3.63, 3.8) is 0 Å². The van der Waals surface area contributed by atoms with Crippen LogP contribution >= 0.6 is 15.9 Å². The Labute approximate surface area is 154 Å². The molecule has 1 aromatic rings. The molecular weight excluding hydrogens is 390 g/mol. The lowest BCUT2D eigenvalue weighted by Crippen LogP contribution is -2.50. The van der Waals surface area contributed by atoms with E-state index < -0.39 is 29.9 Å². The van der Waals surface area contributed by atoms with Gasteiger partial charge >= 0.3 is 5.97 Å². The van der Waals surface area contributed by atoms with Crippen LogP contribution in [-0.2, 0) is 14.3 Å². The topological polar surface area (TPSA) is 108 Å². The lowest BCUT2D eigenvalue weighted by Gasteiger charge is -2.27. The number of carbonyl (C=O) groups is 3. The van der Waals surface area contributed by atoms with Crippen LogP contribution < -0.4 is 10.6 Å². The van der Waals surface area contributed by atoms with E-state index in [0.29, 0.717) is 5.56 Å². The van der Waals surface area contributed by atoms with Crippen molar-refractivity contribution >= 4 is 33.7 Å². The van der Waals surface area contributed by atoms with Gasteiger partial charge in [0.1, 0.15) is 12.1 Å². The van der Waals surface area contributed by atoms with Crippen molar-refractivity contribution in [2.75, 3.05) is 13.2 Å². The second kappa shape index (κ2) is 9.18. The van der Waals surface area contributed by atoms with E-state index in [1.807, 2.05) is 6.07 Å². The molecule has 2 N–H and O–H groups in total. The molecule has 0 aliphatic carbocycles. The quantitative estimate of drug-likeness (QED) is 0.667. The molecule has 2 amide bonds. The standard InChI is InChI=1S/C17H20BrN3O4/c1-11(2)17(3,10-19)21-14(22)9-25-15(23)8-20-16(24)12-4-6-13(18)7-5-12/h4-7,11H,8-9H2,1-3H3,(H,20,24)(H,21,22)/t17-/m0/s1. The van der Waals surface area contributed by atoms with Crippen molar-refractivity contribution < 1.29 is 19.1 Å². The summed E-state index contributed by atoms with van der Waals surface area (Å²) >= 11 is 3.26. The molecule has 1 aromatic carbocycles. The van der Waals surface area contributed by atoms with Crippen molar-refractivity contribution in [1.29, 1.82) is 5.26 Å². The summed E-state index contributed by atoms with van der Waals surface area (Å²) in [6.45, 7) is 4.31. The maximum atomic E-state index is 11.9. The number of hydrogen-bond acceptors (Lipinski definition) is 5. The predicted molar refractivity (Wildman–Crippen MR) is 94.4 cm³/mol. The van der Waals surface area contributed by atoms with Gasteiger partial charge in [0.2, 0.25) is 0 Å². The summed E-state index contributed by atoms with van der Waals surface area (Å²) in [4.78, 5) is 35.3. The Bertz CT molecular complexity index is 682. The minimum atomic E-state index is -1.04. The molecule has 7 nitrogen and oxygen atoms in total. The molecular formula is C17H20BrN3O4. The van der Waals surface area contributed by atoms with Gasteiger partial charge in [0, 0.05) is 10.0 Å². The highest BCUT2D eigenvalue weighted by atomic mass is 79.9. The lowest BCUT2D eigenvalue weighted by molar-refractivity contribution is -0.147. The first kappa shape index (κ1) is 20.6. The van der Waals surface area contributed by atoms with Crippen LogP contribution in [0.25, 0.3) is 0 Å².